The molecule has 2 aromatic carbocycles. The normalized spacial score (nSPS) is 11.4. The van der Waals surface area contributed by atoms with Gasteiger partial charge in [0.15, 0.2) is 5.82 Å². The fraction of sp³-hybridized carbons (Fsp3) is 0.308. The number of nitrogens with zero attached hydrogens (tertiary/aromatic N) is 2. The Morgan fingerprint density at radius 3 is 2.58 bits per heavy atom. The molecule has 0 atom stereocenters. The number of aromatic nitrogens is 4. The van der Waals surface area contributed by atoms with Gasteiger partial charge >= 0.3 is 6.09 Å². The average Bonchev–Trinajstić information content (AvgIpc) is 3.49. The molecule has 2 amide bonds. The van der Waals surface area contributed by atoms with Crippen molar-refractivity contribution >= 4 is 46.1 Å². The van der Waals surface area contributed by atoms with Crippen LogP contribution in [0.1, 0.15) is 37.6 Å². The van der Waals surface area contributed by atoms with Gasteiger partial charge in [-0.2, -0.15) is 5.10 Å². The van der Waals surface area contributed by atoms with E-state index in [0.717, 1.165) is 10.9 Å². The van der Waals surface area contributed by atoms with Crippen LogP contribution in [0.2, 0.25) is 10.0 Å². The van der Waals surface area contributed by atoms with Gasteiger partial charge in [-0.3, -0.25) is 9.89 Å². The van der Waals surface area contributed by atoms with Crippen LogP contribution in [0.4, 0.5) is 4.79 Å². The summed E-state index contributed by atoms with van der Waals surface area (Å²) in [5.74, 6) is 0.725. The second kappa shape index (κ2) is 11.3. The van der Waals surface area contributed by atoms with E-state index in [1.54, 1.807) is 57.3 Å². The Morgan fingerprint density at radius 1 is 1.08 bits per heavy atom. The largest absolute Gasteiger partial charge is 0.494 e. The number of hydrogen-bond donors (Lipinski definition) is 4. The predicted molar refractivity (Wildman–Crippen MR) is 147 cm³/mol. The molecule has 0 saturated heterocycles. The summed E-state index contributed by atoms with van der Waals surface area (Å²) in [4.78, 5) is 32.2. The number of methoxy groups -OCH3 is 1. The van der Waals surface area contributed by atoms with E-state index < -0.39 is 11.7 Å². The Hall–Kier alpha value is -3.76. The highest BCUT2D eigenvalue weighted by Gasteiger charge is 2.18. The summed E-state index contributed by atoms with van der Waals surface area (Å²) in [5, 5.41) is 14.5. The predicted octanol–water partition coefficient (Wildman–Crippen LogP) is 5.58. The maximum absolute atomic E-state index is 12.8. The first-order valence-electron chi connectivity index (χ1n) is 11.9. The number of hydrogen-bond acceptors (Lipinski definition) is 6. The number of benzene rings is 2. The van der Waals surface area contributed by atoms with Crippen molar-refractivity contribution in [1.82, 2.24) is 30.8 Å². The van der Waals surface area contributed by atoms with Crippen LogP contribution in [0.5, 0.6) is 5.75 Å². The van der Waals surface area contributed by atoms with E-state index in [-0.39, 0.29) is 5.91 Å². The third kappa shape index (κ3) is 6.38. The van der Waals surface area contributed by atoms with Crippen molar-refractivity contribution in [1.29, 1.82) is 0 Å². The zero-order valence-corrected chi connectivity index (χ0v) is 22.9. The minimum atomic E-state index is -0.560. The van der Waals surface area contributed by atoms with E-state index in [1.165, 1.54) is 7.11 Å². The number of nitrogens with one attached hydrogen (secondary N) is 4. The van der Waals surface area contributed by atoms with Gasteiger partial charge in [0.2, 0.25) is 0 Å². The van der Waals surface area contributed by atoms with Crippen molar-refractivity contribution in [3.05, 3.63) is 52.1 Å². The molecule has 2 aromatic heterocycles. The Bertz CT molecular complexity index is 1470. The molecular weight excluding hydrogens is 531 g/mol. The van der Waals surface area contributed by atoms with Crippen LogP contribution in [-0.2, 0) is 4.74 Å². The van der Waals surface area contributed by atoms with Crippen LogP contribution in [0.15, 0.2) is 36.5 Å². The molecular formula is C26H28Cl2N6O4. The van der Waals surface area contributed by atoms with Crippen molar-refractivity contribution in [2.45, 2.75) is 32.8 Å². The summed E-state index contributed by atoms with van der Waals surface area (Å²) in [5.41, 5.74) is 2.51. The van der Waals surface area contributed by atoms with Gasteiger partial charge < -0.3 is 25.1 Å². The van der Waals surface area contributed by atoms with Crippen molar-refractivity contribution in [2.75, 3.05) is 20.2 Å². The van der Waals surface area contributed by atoms with E-state index in [1.807, 2.05) is 0 Å². The molecule has 4 rings (SSSR count). The van der Waals surface area contributed by atoms with E-state index in [2.05, 4.69) is 30.8 Å². The van der Waals surface area contributed by atoms with Gasteiger partial charge in [-0.15, -0.1) is 0 Å². The van der Waals surface area contributed by atoms with Crippen LogP contribution < -0.4 is 15.4 Å². The van der Waals surface area contributed by atoms with Crippen molar-refractivity contribution < 1.29 is 19.1 Å². The molecule has 0 spiro atoms. The quantitative estimate of drug-likeness (QED) is 0.208. The second-order valence-corrected chi connectivity index (χ2v) is 10.3. The number of carbonyl (C=O) groups is 2. The lowest BCUT2D eigenvalue weighted by Gasteiger charge is -2.19. The molecule has 0 unspecified atom stereocenters. The van der Waals surface area contributed by atoms with E-state index in [0.29, 0.717) is 63.6 Å². The van der Waals surface area contributed by atoms with Crippen molar-refractivity contribution in [3.63, 3.8) is 0 Å². The molecule has 0 aliphatic carbocycles. The zero-order valence-electron chi connectivity index (χ0n) is 21.4. The lowest BCUT2D eigenvalue weighted by Crippen LogP contribution is -2.34. The Labute approximate surface area is 229 Å². The van der Waals surface area contributed by atoms with Crippen LogP contribution in [0.25, 0.3) is 33.7 Å². The third-order valence-electron chi connectivity index (χ3n) is 5.44. The summed E-state index contributed by atoms with van der Waals surface area (Å²) in [6.07, 6.45) is 1.71. The first-order chi connectivity index (χ1) is 18.1. The maximum atomic E-state index is 12.8. The number of amides is 2. The van der Waals surface area contributed by atoms with Gasteiger partial charge in [-0.25, -0.2) is 9.78 Å². The van der Waals surface area contributed by atoms with Crippen LogP contribution >= 0.6 is 23.2 Å². The molecule has 4 N–H and O–H groups in total. The smallest absolute Gasteiger partial charge is 0.407 e. The standard InChI is InChI=1S/C26H28Cl2N6O4/c1-26(2,3)38-25(36)30-9-5-8-29-24(35)14-6-7-19-16(10-14)21(34-33-19)23-31-13-20(32-23)17-11-15(27)12-18(28)22(17)37-4/h6-7,10-13H,5,8-9H2,1-4H3,(H,29,35)(H,30,36)(H,31,32)(H,33,34). The molecule has 0 aliphatic rings. The fourth-order valence-corrected chi connectivity index (χ4v) is 4.35. The molecule has 38 heavy (non-hydrogen) atoms. The van der Waals surface area contributed by atoms with Gasteiger partial charge in [-0.05, 0) is 57.5 Å². The molecule has 0 saturated carbocycles. The van der Waals surface area contributed by atoms with Gasteiger partial charge in [0, 0.05) is 34.6 Å². The molecule has 2 heterocycles. The summed E-state index contributed by atoms with van der Waals surface area (Å²) >= 11 is 12.5. The summed E-state index contributed by atoms with van der Waals surface area (Å²) in [7, 11) is 1.53. The molecule has 10 nitrogen and oxygen atoms in total. The maximum Gasteiger partial charge on any atom is 0.407 e. The summed E-state index contributed by atoms with van der Waals surface area (Å²) < 4.78 is 10.6. The SMILES string of the molecule is COc1c(Cl)cc(Cl)cc1-c1cnc(-c2n[nH]c3ccc(C(=O)NCCCNC(=O)OC(C)(C)C)cc23)[nH]1. The third-order valence-corrected chi connectivity index (χ3v) is 5.93. The highest BCUT2D eigenvalue weighted by atomic mass is 35.5. The Balaban J connectivity index is 1.45. The fourth-order valence-electron chi connectivity index (χ4n) is 3.78. The topological polar surface area (TPSA) is 134 Å². The molecule has 0 bridgehead atoms. The van der Waals surface area contributed by atoms with Gasteiger partial charge in [-0.1, -0.05) is 23.2 Å². The number of alkyl carbamates (subject to hydrolysis) is 1. The molecule has 12 heteroatoms. The number of H-pyrrole nitrogens is 2. The van der Waals surface area contributed by atoms with E-state index >= 15 is 0 Å². The van der Waals surface area contributed by atoms with Gasteiger partial charge in [0.1, 0.15) is 17.0 Å². The van der Waals surface area contributed by atoms with Crippen LogP contribution in [-0.4, -0.2) is 58.0 Å². The monoisotopic (exact) mass is 558 g/mol. The van der Waals surface area contributed by atoms with Crippen molar-refractivity contribution in [2.24, 2.45) is 0 Å². The molecule has 4 aromatic rings. The number of rotatable bonds is 8. The Kier molecular flexibility index (Phi) is 8.13. The van der Waals surface area contributed by atoms with E-state index in [9.17, 15) is 9.59 Å². The van der Waals surface area contributed by atoms with Crippen molar-refractivity contribution in [3.8, 4) is 28.5 Å². The molecule has 0 radical (unpaired) electrons. The molecule has 0 fully saturated rings. The number of carbonyl (C=O) groups excluding carboxylic acids is 2. The number of aromatic amines is 2. The first kappa shape index (κ1) is 27.3. The van der Waals surface area contributed by atoms with Gasteiger partial charge in [0.05, 0.1) is 29.5 Å². The average molecular weight is 559 g/mol. The minimum absolute atomic E-state index is 0.241. The number of halogens is 2. The number of fused-ring (bicyclic) bond motifs is 1. The zero-order chi connectivity index (χ0) is 27.4. The molecule has 0 aliphatic heterocycles. The number of ether oxygens (including phenoxy) is 2. The van der Waals surface area contributed by atoms with Crippen LogP contribution in [0.3, 0.4) is 0 Å². The summed E-state index contributed by atoms with van der Waals surface area (Å²) in [6, 6.07) is 8.59. The highest BCUT2D eigenvalue weighted by molar-refractivity contribution is 6.36. The molecule has 200 valence electrons. The van der Waals surface area contributed by atoms with E-state index in [4.69, 9.17) is 32.7 Å². The minimum Gasteiger partial charge on any atom is -0.494 e. The van der Waals surface area contributed by atoms with Crippen LogP contribution in [0, 0.1) is 0 Å². The van der Waals surface area contributed by atoms with Gasteiger partial charge in [0.25, 0.3) is 5.91 Å². The highest BCUT2D eigenvalue weighted by Crippen LogP contribution is 2.39. The second-order valence-electron chi connectivity index (χ2n) is 9.48. The first-order valence-corrected chi connectivity index (χ1v) is 12.6. The Morgan fingerprint density at radius 2 is 1.84 bits per heavy atom. The lowest BCUT2D eigenvalue weighted by atomic mass is 10.1. The summed E-state index contributed by atoms with van der Waals surface area (Å²) in [6.45, 7) is 6.16. The lowest BCUT2D eigenvalue weighted by molar-refractivity contribution is 0.0527. The number of imidazole rings is 1.